The number of nitrogens with one attached hydrogen (secondary N) is 2. The Kier molecular flexibility index (Phi) is 5.59. The van der Waals surface area contributed by atoms with E-state index in [9.17, 15) is 14.3 Å². The fraction of sp³-hybridized carbons (Fsp3) is 0.278. The molecule has 27 heavy (non-hydrogen) atoms. The molecular formula is C18H18ClFN4O2S. The molecule has 9 heteroatoms. The normalized spacial score (nSPS) is 12.8. The molecule has 1 aromatic carbocycles. The van der Waals surface area contributed by atoms with E-state index in [4.69, 9.17) is 11.6 Å². The topological polar surface area (TPSA) is 87.1 Å². The third-order valence-corrected chi connectivity index (χ3v) is 5.02. The number of hydrogen-bond donors (Lipinski definition) is 3. The molecule has 6 nitrogen and oxygen atoms in total. The molecule has 0 saturated heterocycles. The van der Waals surface area contributed by atoms with Crippen LogP contribution in [-0.4, -0.2) is 39.3 Å². The summed E-state index contributed by atoms with van der Waals surface area (Å²) in [5, 5.41) is 16.0. The number of amides is 1. The van der Waals surface area contributed by atoms with Gasteiger partial charge in [0.05, 0.1) is 33.6 Å². The molecule has 0 saturated carbocycles. The van der Waals surface area contributed by atoms with Crippen molar-refractivity contribution >= 4 is 49.9 Å². The summed E-state index contributed by atoms with van der Waals surface area (Å²) >= 11 is 7.39. The van der Waals surface area contributed by atoms with Crippen LogP contribution in [0.25, 0.3) is 10.2 Å². The number of halogens is 2. The lowest BCUT2D eigenvalue weighted by molar-refractivity contribution is -0.00177. The lowest BCUT2D eigenvalue weighted by Crippen LogP contribution is -2.42. The Morgan fingerprint density at radius 3 is 2.85 bits per heavy atom. The van der Waals surface area contributed by atoms with Crippen LogP contribution < -0.4 is 10.6 Å². The van der Waals surface area contributed by atoms with Gasteiger partial charge in [-0.15, -0.1) is 0 Å². The number of anilines is 2. The van der Waals surface area contributed by atoms with Crippen molar-refractivity contribution < 1.29 is 14.3 Å². The van der Waals surface area contributed by atoms with Gasteiger partial charge in [0, 0.05) is 6.20 Å². The number of aliphatic hydroxyl groups is 1. The third-order valence-electron chi connectivity index (χ3n) is 3.86. The number of para-hydroxylation sites is 1. The standard InChI is InChI=1S/C18H18ClFN4O2S/c1-18(2,26)14(20)9-22-16(25)10-8-21-15(19)7-12(10)24-17-23-11-5-3-4-6-13(11)27-17/h3-8,14,26H,9H2,1-2H3,(H,22,25)(H,21,23,24)/t14-/m1/s1. The minimum Gasteiger partial charge on any atom is -0.387 e. The number of pyridine rings is 1. The van der Waals surface area contributed by atoms with Crippen molar-refractivity contribution in [2.75, 3.05) is 11.9 Å². The Labute approximate surface area is 164 Å². The number of fused-ring (bicyclic) bond motifs is 1. The Hall–Kier alpha value is -2.29. The second kappa shape index (κ2) is 7.75. The van der Waals surface area contributed by atoms with Crippen molar-refractivity contribution in [2.24, 2.45) is 0 Å². The molecule has 3 N–H and O–H groups in total. The Morgan fingerprint density at radius 2 is 2.15 bits per heavy atom. The van der Waals surface area contributed by atoms with Crippen molar-refractivity contribution in [1.29, 1.82) is 0 Å². The fourth-order valence-electron chi connectivity index (χ4n) is 2.28. The van der Waals surface area contributed by atoms with Crippen LogP contribution in [-0.2, 0) is 0 Å². The molecule has 2 aromatic heterocycles. The average Bonchev–Trinajstić information content (AvgIpc) is 3.00. The van der Waals surface area contributed by atoms with Crippen molar-refractivity contribution in [3.05, 3.63) is 47.2 Å². The number of hydrogen-bond acceptors (Lipinski definition) is 6. The summed E-state index contributed by atoms with van der Waals surface area (Å²) in [7, 11) is 0. The van der Waals surface area contributed by atoms with Gasteiger partial charge in [0.1, 0.15) is 11.3 Å². The summed E-state index contributed by atoms with van der Waals surface area (Å²) in [6.07, 6.45) is -0.299. The SMILES string of the molecule is CC(C)(O)[C@H](F)CNC(=O)c1cnc(Cl)cc1Nc1nc2ccccc2s1. The minimum absolute atomic E-state index is 0.196. The van der Waals surface area contributed by atoms with E-state index in [0.717, 1.165) is 10.2 Å². The minimum atomic E-state index is -1.61. The third kappa shape index (κ3) is 4.71. The lowest BCUT2D eigenvalue weighted by Gasteiger charge is -2.22. The van der Waals surface area contributed by atoms with E-state index >= 15 is 0 Å². The molecule has 0 spiro atoms. The van der Waals surface area contributed by atoms with Crippen LogP contribution in [0.3, 0.4) is 0 Å². The summed E-state index contributed by atoms with van der Waals surface area (Å²) in [5.74, 6) is -0.533. The number of benzene rings is 1. The number of nitrogens with zero attached hydrogens (tertiary/aromatic N) is 2. The lowest BCUT2D eigenvalue weighted by atomic mass is 10.0. The average molecular weight is 409 g/mol. The van der Waals surface area contributed by atoms with Gasteiger partial charge in [-0.3, -0.25) is 4.79 Å². The van der Waals surface area contributed by atoms with Gasteiger partial charge in [-0.2, -0.15) is 0 Å². The van der Waals surface area contributed by atoms with Crippen LogP contribution in [0.15, 0.2) is 36.5 Å². The number of thiazole rings is 1. The Balaban J connectivity index is 1.81. The zero-order valence-corrected chi connectivity index (χ0v) is 16.2. The van der Waals surface area contributed by atoms with Crippen molar-refractivity contribution in [3.63, 3.8) is 0 Å². The molecule has 0 aliphatic rings. The van der Waals surface area contributed by atoms with Crippen molar-refractivity contribution in [1.82, 2.24) is 15.3 Å². The van der Waals surface area contributed by atoms with Gasteiger partial charge in [-0.05, 0) is 32.0 Å². The maximum Gasteiger partial charge on any atom is 0.255 e. The molecule has 3 rings (SSSR count). The number of rotatable bonds is 6. The molecule has 0 fully saturated rings. The predicted octanol–water partition coefficient (Wildman–Crippen LogP) is 3.93. The quantitative estimate of drug-likeness (QED) is 0.538. The molecule has 0 unspecified atom stereocenters. The molecule has 2 heterocycles. The first-order valence-electron chi connectivity index (χ1n) is 8.17. The van der Waals surface area contributed by atoms with E-state index in [-0.39, 0.29) is 17.3 Å². The molecular weight excluding hydrogens is 391 g/mol. The van der Waals surface area contributed by atoms with Crippen LogP contribution in [0, 0.1) is 0 Å². The van der Waals surface area contributed by atoms with E-state index in [2.05, 4.69) is 20.6 Å². The van der Waals surface area contributed by atoms with Crippen LogP contribution in [0.5, 0.6) is 0 Å². The fourth-order valence-corrected chi connectivity index (χ4v) is 3.32. The maximum atomic E-state index is 13.9. The first-order chi connectivity index (χ1) is 12.7. The largest absolute Gasteiger partial charge is 0.387 e. The zero-order valence-electron chi connectivity index (χ0n) is 14.7. The van der Waals surface area contributed by atoms with E-state index in [1.54, 1.807) is 0 Å². The van der Waals surface area contributed by atoms with E-state index < -0.39 is 17.7 Å². The Bertz CT molecular complexity index is 940. The van der Waals surface area contributed by atoms with Crippen LogP contribution in [0.2, 0.25) is 5.15 Å². The number of aromatic nitrogens is 2. The van der Waals surface area contributed by atoms with Gasteiger partial charge < -0.3 is 15.7 Å². The monoisotopic (exact) mass is 408 g/mol. The highest BCUT2D eigenvalue weighted by Crippen LogP contribution is 2.30. The Morgan fingerprint density at radius 1 is 1.41 bits per heavy atom. The maximum absolute atomic E-state index is 13.9. The summed E-state index contributed by atoms with van der Waals surface area (Å²) in [5.41, 5.74) is -0.110. The smallest absolute Gasteiger partial charge is 0.255 e. The molecule has 3 aromatic rings. The van der Waals surface area contributed by atoms with Gasteiger partial charge in [0.25, 0.3) is 5.91 Å². The predicted molar refractivity (Wildman–Crippen MR) is 106 cm³/mol. The molecule has 1 amide bonds. The second-order valence-electron chi connectivity index (χ2n) is 6.50. The van der Waals surface area contributed by atoms with Crippen molar-refractivity contribution in [2.45, 2.75) is 25.6 Å². The van der Waals surface area contributed by atoms with E-state index in [1.165, 1.54) is 37.4 Å². The number of alkyl halides is 1. The number of carbonyl (C=O) groups excluding carboxylic acids is 1. The van der Waals surface area contributed by atoms with Gasteiger partial charge >= 0.3 is 0 Å². The van der Waals surface area contributed by atoms with Gasteiger partial charge in [0.2, 0.25) is 0 Å². The van der Waals surface area contributed by atoms with Crippen LogP contribution >= 0.6 is 22.9 Å². The highest BCUT2D eigenvalue weighted by Gasteiger charge is 2.27. The van der Waals surface area contributed by atoms with E-state index in [0.29, 0.717) is 10.8 Å². The van der Waals surface area contributed by atoms with Crippen LogP contribution in [0.1, 0.15) is 24.2 Å². The summed E-state index contributed by atoms with van der Waals surface area (Å²) in [6.45, 7) is 2.35. The second-order valence-corrected chi connectivity index (χ2v) is 7.91. The molecule has 0 aliphatic carbocycles. The number of carbonyl (C=O) groups is 1. The van der Waals surface area contributed by atoms with Gasteiger partial charge in [-0.25, -0.2) is 14.4 Å². The molecule has 0 aliphatic heterocycles. The van der Waals surface area contributed by atoms with Crippen molar-refractivity contribution in [3.8, 4) is 0 Å². The summed E-state index contributed by atoms with van der Waals surface area (Å²) in [4.78, 5) is 20.9. The van der Waals surface area contributed by atoms with E-state index in [1.807, 2.05) is 24.3 Å². The summed E-state index contributed by atoms with van der Waals surface area (Å²) in [6, 6.07) is 9.16. The molecule has 142 valence electrons. The molecule has 1 atom stereocenters. The first kappa shape index (κ1) is 19.5. The van der Waals surface area contributed by atoms with Gasteiger partial charge in [-0.1, -0.05) is 35.1 Å². The van der Waals surface area contributed by atoms with Gasteiger partial charge in [0.15, 0.2) is 5.13 Å². The first-order valence-corrected chi connectivity index (χ1v) is 9.36. The summed E-state index contributed by atoms with van der Waals surface area (Å²) < 4.78 is 14.9. The molecule has 0 bridgehead atoms. The zero-order chi connectivity index (χ0) is 19.6. The highest BCUT2D eigenvalue weighted by atomic mass is 35.5. The molecule has 0 radical (unpaired) electrons. The highest BCUT2D eigenvalue weighted by molar-refractivity contribution is 7.22. The van der Waals surface area contributed by atoms with Crippen LogP contribution in [0.4, 0.5) is 15.2 Å².